The Morgan fingerprint density at radius 1 is 1.07 bits per heavy atom. The molecule has 0 saturated carbocycles. The maximum absolute atomic E-state index is 14.8. The largest absolute Gasteiger partial charge is 0.334 e. The fourth-order valence-electron chi connectivity index (χ4n) is 3.58. The van der Waals surface area contributed by atoms with Crippen molar-refractivity contribution in [3.8, 4) is 11.3 Å². The van der Waals surface area contributed by atoms with E-state index in [-0.39, 0.29) is 11.5 Å². The first-order valence-electron chi connectivity index (χ1n) is 9.58. The van der Waals surface area contributed by atoms with E-state index in [1.807, 2.05) is 45.5 Å². The minimum absolute atomic E-state index is 0.0305. The van der Waals surface area contributed by atoms with Crippen LogP contribution < -0.4 is 27.2 Å². The second-order valence-corrected chi connectivity index (χ2v) is 7.50. The summed E-state index contributed by atoms with van der Waals surface area (Å²) < 4.78 is 16.8. The van der Waals surface area contributed by atoms with Crippen molar-refractivity contribution in [1.82, 2.24) is 19.5 Å². The summed E-state index contributed by atoms with van der Waals surface area (Å²) in [5.41, 5.74) is 5.45. The summed E-state index contributed by atoms with van der Waals surface area (Å²) in [6, 6.07) is 5.80. The number of imidazole rings is 1. The minimum Gasteiger partial charge on any atom is -0.334 e. The van der Waals surface area contributed by atoms with Gasteiger partial charge in [0.25, 0.3) is 5.91 Å². The van der Waals surface area contributed by atoms with Crippen molar-refractivity contribution in [2.75, 3.05) is 5.32 Å². The molecule has 2 aromatic carbocycles. The van der Waals surface area contributed by atoms with E-state index >= 15 is 0 Å². The molecule has 1 N–H and O–H groups in total. The highest BCUT2D eigenvalue weighted by molar-refractivity contribution is 6.63. The van der Waals surface area contributed by atoms with E-state index < -0.39 is 11.7 Å². The maximum Gasteiger partial charge on any atom is 0.260 e. The summed E-state index contributed by atoms with van der Waals surface area (Å²) in [5, 5.41) is 3.49. The van der Waals surface area contributed by atoms with Gasteiger partial charge in [0.1, 0.15) is 37.2 Å². The zero-order valence-corrected chi connectivity index (χ0v) is 17.5. The second-order valence-electron chi connectivity index (χ2n) is 7.50. The number of carbonyl (C=O) groups is 1. The molecule has 6 nitrogen and oxygen atoms in total. The molecule has 0 aliphatic rings. The molecule has 0 aliphatic heterocycles. The number of fused-ring (bicyclic) bond motifs is 1. The summed E-state index contributed by atoms with van der Waals surface area (Å²) in [6.07, 6.45) is 5.14. The summed E-state index contributed by atoms with van der Waals surface area (Å²) in [7, 11) is 9.09. The minimum atomic E-state index is -0.557. The molecular formula is C19H18B4FN5O. The van der Waals surface area contributed by atoms with E-state index in [2.05, 4.69) is 20.3 Å². The molecular weight excluding hydrogens is 376 g/mol. The highest BCUT2D eigenvalue weighted by Crippen LogP contribution is 2.23. The van der Waals surface area contributed by atoms with Crippen LogP contribution in [0, 0.1) is 5.82 Å². The predicted octanol–water partition coefficient (Wildman–Crippen LogP) is -3.54. The van der Waals surface area contributed by atoms with Gasteiger partial charge in [0.15, 0.2) is 0 Å². The molecule has 0 atom stereocenters. The zero-order chi connectivity index (χ0) is 21.6. The first-order valence-corrected chi connectivity index (χ1v) is 9.58. The molecule has 4 aromatic rings. The molecule has 11 heteroatoms. The number of carbonyl (C=O) groups excluding carboxylic acids is 1. The second kappa shape index (κ2) is 7.48. The number of benzene rings is 2. The molecule has 0 spiro atoms. The Kier molecular flexibility index (Phi) is 4.97. The molecule has 144 valence electrons. The molecule has 0 saturated heterocycles. The smallest absolute Gasteiger partial charge is 0.260 e. The van der Waals surface area contributed by atoms with Gasteiger partial charge in [0.2, 0.25) is 5.95 Å². The Labute approximate surface area is 177 Å². The molecule has 1 amide bonds. The Bertz CT molecular complexity index is 1300. The highest BCUT2D eigenvalue weighted by atomic mass is 19.1. The summed E-state index contributed by atoms with van der Waals surface area (Å²) in [6.45, 7) is 0. The molecule has 4 rings (SSSR count). The monoisotopic (exact) mass is 395 g/mol. The van der Waals surface area contributed by atoms with Gasteiger partial charge in [0, 0.05) is 24.2 Å². The van der Waals surface area contributed by atoms with Gasteiger partial charge >= 0.3 is 0 Å². The molecule has 2 aromatic heterocycles. The van der Waals surface area contributed by atoms with E-state index in [4.69, 9.17) is 0 Å². The lowest BCUT2D eigenvalue weighted by atomic mass is 9.65. The molecule has 0 fully saturated rings. The van der Waals surface area contributed by atoms with Crippen molar-refractivity contribution in [3.63, 3.8) is 0 Å². The predicted molar refractivity (Wildman–Crippen MR) is 129 cm³/mol. The average molecular weight is 395 g/mol. The third-order valence-corrected chi connectivity index (χ3v) is 5.76. The number of rotatable bonds is 3. The van der Waals surface area contributed by atoms with Crippen molar-refractivity contribution in [3.05, 3.63) is 48.3 Å². The van der Waals surface area contributed by atoms with E-state index in [1.165, 1.54) is 0 Å². The quantitative estimate of drug-likeness (QED) is 0.365. The fraction of sp³-hybridized carbons (Fsp3) is 0.0526. The van der Waals surface area contributed by atoms with Gasteiger partial charge in [-0.1, -0.05) is 28.5 Å². The van der Waals surface area contributed by atoms with Crippen LogP contribution in [0.1, 0.15) is 10.4 Å². The summed E-state index contributed by atoms with van der Waals surface area (Å²) in [5.74, 6) is -0.935. The average Bonchev–Trinajstić information content (AvgIpc) is 3.16. The van der Waals surface area contributed by atoms with Gasteiger partial charge in [0.05, 0.1) is 29.3 Å². The topological polar surface area (TPSA) is 72.7 Å². The van der Waals surface area contributed by atoms with Crippen molar-refractivity contribution < 1.29 is 9.18 Å². The lowest BCUT2D eigenvalue weighted by molar-refractivity contribution is 0.102. The van der Waals surface area contributed by atoms with Gasteiger partial charge in [-0.2, -0.15) is 0 Å². The molecule has 2 heterocycles. The summed E-state index contributed by atoms with van der Waals surface area (Å²) in [4.78, 5) is 25.7. The number of halogens is 1. The van der Waals surface area contributed by atoms with Crippen LogP contribution in [0.4, 0.5) is 10.3 Å². The van der Waals surface area contributed by atoms with Gasteiger partial charge in [-0.15, -0.1) is 5.46 Å². The van der Waals surface area contributed by atoms with Crippen LogP contribution >= 0.6 is 0 Å². The number of hydrogen-bond acceptors (Lipinski definition) is 4. The van der Waals surface area contributed by atoms with E-state index in [1.54, 1.807) is 34.4 Å². The zero-order valence-electron chi connectivity index (χ0n) is 17.5. The van der Waals surface area contributed by atoms with Crippen LogP contribution in [0.15, 0.2) is 36.9 Å². The number of aryl methyl sites for hydroxylation is 1. The molecule has 0 radical (unpaired) electrons. The van der Waals surface area contributed by atoms with Crippen LogP contribution in [-0.2, 0) is 7.05 Å². The van der Waals surface area contributed by atoms with Crippen molar-refractivity contribution in [2.45, 2.75) is 0 Å². The number of nitrogens with one attached hydrogen (secondary N) is 1. The number of hydrogen-bond donors (Lipinski definition) is 1. The van der Waals surface area contributed by atoms with Crippen LogP contribution in [0.5, 0.6) is 0 Å². The Morgan fingerprint density at radius 3 is 2.50 bits per heavy atom. The number of anilines is 1. The maximum atomic E-state index is 14.8. The van der Waals surface area contributed by atoms with Gasteiger partial charge in [-0.25, -0.2) is 19.3 Å². The van der Waals surface area contributed by atoms with Crippen LogP contribution in [0.2, 0.25) is 0 Å². The third kappa shape index (κ3) is 3.30. The number of amides is 1. The van der Waals surface area contributed by atoms with Gasteiger partial charge < -0.3 is 4.57 Å². The van der Waals surface area contributed by atoms with Crippen LogP contribution in [0.3, 0.4) is 0 Å². The number of aromatic nitrogens is 4. The SMILES string of the molecule is Bc1c(B)c(B)c(C(=O)Nc2ncc3ccc(-c4cncn4C)cc3n2)c(F)c1B. The third-order valence-electron chi connectivity index (χ3n) is 5.76. The van der Waals surface area contributed by atoms with Crippen LogP contribution in [0.25, 0.3) is 22.2 Å². The first kappa shape index (κ1) is 19.9. The number of nitrogens with zero attached hydrogens (tertiary/aromatic N) is 4. The van der Waals surface area contributed by atoms with E-state index in [9.17, 15) is 9.18 Å². The normalized spacial score (nSPS) is 11.0. The highest BCUT2D eigenvalue weighted by Gasteiger charge is 2.21. The van der Waals surface area contributed by atoms with Crippen LogP contribution in [-0.4, -0.2) is 56.8 Å². The Morgan fingerprint density at radius 2 is 1.80 bits per heavy atom. The van der Waals surface area contributed by atoms with Crippen molar-refractivity contribution in [2.24, 2.45) is 7.05 Å². The molecule has 0 unspecified atom stereocenters. The molecule has 0 aliphatic carbocycles. The lowest BCUT2D eigenvalue weighted by Crippen LogP contribution is -2.52. The summed E-state index contributed by atoms with van der Waals surface area (Å²) >= 11 is 0. The van der Waals surface area contributed by atoms with Gasteiger partial charge in [-0.3, -0.25) is 10.1 Å². The standard InChI is InChI=1S/C19H18B4FN5O/c1-29-7-25-6-11(29)8-2-3-9-5-26-19(27-10(9)4-8)28-18(30)12-13(20)14(21)15(22)16(23)17(12)24/h2-7H,20-23H2,1H3,(H,26,27,28,30). The molecule has 30 heavy (non-hydrogen) atoms. The first-order chi connectivity index (χ1) is 14.3. The fourth-order valence-corrected chi connectivity index (χ4v) is 3.58. The van der Waals surface area contributed by atoms with Gasteiger partial charge in [-0.05, 0) is 6.07 Å². The Balaban J connectivity index is 1.71. The molecule has 0 bridgehead atoms. The van der Waals surface area contributed by atoms with Crippen molar-refractivity contribution in [1.29, 1.82) is 0 Å². The van der Waals surface area contributed by atoms with Crippen molar-refractivity contribution >= 4 is 76.0 Å². The van der Waals surface area contributed by atoms with E-state index in [0.29, 0.717) is 16.4 Å². The van der Waals surface area contributed by atoms with E-state index in [0.717, 1.165) is 27.6 Å². The lowest BCUT2D eigenvalue weighted by Gasteiger charge is -2.16. The Hall–Kier alpha value is -3.35.